The number of rotatable bonds is 6. The number of ether oxygens (including phenoxy) is 1. The second-order valence-corrected chi connectivity index (χ2v) is 7.46. The van der Waals surface area contributed by atoms with Crippen molar-refractivity contribution in [3.8, 4) is 0 Å². The molecule has 0 spiro atoms. The molecule has 0 aromatic carbocycles. The monoisotopic (exact) mass is 354 g/mol. The summed E-state index contributed by atoms with van der Waals surface area (Å²) in [5.74, 6) is -1.00. The van der Waals surface area contributed by atoms with Crippen LogP contribution in [0.1, 0.15) is 90.9 Å². The van der Waals surface area contributed by atoms with Crippen LogP contribution in [0.3, 0.4) is 0 Å². The standard InChI is InChI=1S/C20H38N2O3/c1-17(2)25-16-12-15-21-19(23)20(24)22-18-13-10-8-6-4-3-5-7-9-11-14-18/h17-18H,3-16H2,1-2H3,(H,21,23)(H,22,24). The number of hydrogen-bond acceptors (Lipinski definition) is 3. The highest BCUT2D eigenvalue weighted by atomic mass is 16.5. The molecule has 2 amide bonds. The molecule has 0 atom stereocenters. The Hall–Kier alpha value is -1.10. The average molecular weight is 355 g/mol. The van der Waals surface area contributed by atoms with Gasteiger partial charge in [-0.2, -0.15) is 0 Å². The molecule has 25 heavy (non-hydrogen) atoms. The van der Waals surface area contributed by atoms with Crippen LogP contribution >= 0.6 is 0 Å². The molecule has 0 aromatic heterocycles. The van der Waals surface area contributed by atoms with Gasteiger partial charge in [0.25, 0.3) is 0 Å². The van der Waals surface area contributed by atoms with Gasteiger partial charge in [-0.3, -0.25) is 9.59 Å². The summed E-state index contributed by atoms with van der Waals surface area (Å²) in [7, 11) is 0. The molecule has 1 rings (SSSR count). The lowest BCUT2D eigenvalue weighted by Gasteiger charge is -2.19. The topological polar surface area (TPSA) is 67.4 Å². The second kappa shape index (κ2) is 14.1. The van der Waals surface area contributed by atoms with Gasteiger partial charge in [0.15, 0.2) is 0 Å². The van der Waals surface area contributed by atoms with Crippen LogP contribution in [0.15, 0.2) is 0 Å². The van der Waals surface area contributed by atoms with Gasteiger partial charge in [0.05, 0.1) is 6.10 Å². The van der Waals surface area contributed by atoms with Crippen LogP contribution in [0.2, 0.25) is 0 Å². The fourth-order valence-corrected chi connectivity index (χ4v) is 3.23. The van der Waals surface area contributed by atoms with E-state index in [2.05, 4.69) is 10.6 Å². The number of hydrogen-bond donors (Lipinski definition) is 2. The highest BCUT2D eigenvalue weighted by Gasteiger charge is 2.18. The van der Waals surface area contributed by atoms with E-state index in [1.54, 1.807) is 0 Å². The zero-order valence-corrected chi connectivity index (χ0v) is 16.3. The summed E-state index contributed by atoms with van der Waals surface area (Å²) in [6.07, 6.45) is 14.2. The SMILES string of the molecule is CC(C)OCCCNC(=O)C(=O)NC1CCCCCCCCCCC1. The highest BCUT2D eigenvalue weighted by molar-refractivity contribution is 6.35. The second-order valence-electron chi connectivity index (χ2n) is 7.46. The minimum atomic E-state index is -0.518. The lowest BCUT2D eigenvalue weighted by atomic mass is 9.98. The molecule has 5 nitrogen and oxygen atoms in total. The number of carbonyl (C=O) groups excluding carboxylic acids is 2. The van der Waals surface area contributed by atoms with Crippen molar-refractivity contribution in [2.24, 2.45) is 0 Å². The van der Waals surface area contributed by atoms with Gasteiger partial charge in [-0.15, -0.1) is 0 Å². The van der Waals surface area contributed by atoms with E-state index in [4.69, 9.17) is 4.74 Å². The van der Waals surface area contributed by atoms with Crippen molar-refractivity contribution in [2.75, 3.05) is 13.2 Å². The Balaban J connectivity index is 2.26. The van der Waals surface area contributed by atoms with E-state index in [1.807, 2.05) is 13.8 Å². The van der Waals surface area contributed by atoms with E-state index >= 15 is 0 Å². The van der Waals surface area contributed by atoms with Crippen LogP contribution in [0, 0.1) is 0 Å². The summed E-state index contributed by atoms with van der Waals surface area (Å²) < 4.78 is 5.42. The van der Waals surface area contributed by atoms with E-state index in [-0.39, 0.29) is 12.1 Å². The first-order valence-corrected chi connectivity index (χ1v) is 10.3. The van der Waals surface area contributed by atoms with Gasteiger partial charge < -0.3 is 15.4 Å². The number of carbonyl (C=O) groups is 2. The Labute approximate surface area is 153 Å². The molecule has 0 aliphatic heterocycles. The normalized spacial score (nSPS) is 18.2. The molecule has 146 valence electrons. The quantitative estimate of drug-likeness (QED) is 0.564. The maximum absolute atomic E-state index is 12.1. The first-order chi connectivity index (χ1) is 12.1. The number of amides is 2. The average Bonchev–Trinajstić information content (AvgIpc) is 2.56. The molecule has 2 N–H and O–H groups in total. The summed E-state index contributed by atoms with van der Waals surface area (Å²) >= 11 is 0. The predicted molar refractivity (Wildman–Crippen MR) is 101 cm³/mol. The predicted octanol–water partition coefficient (Wildman–Crippen LogP) is 3.71. The van der Waals surface area contributed by atoms with Gasteiger partial charge in [0.2, 0.25) is 0 Å². The summed E-state index contributed by atoms with van der Waals surface area (Å²) in [6, 6.07) is 0.141. The molecular formula is C20H38N2O3. The van der Waals surface area contributed by atoms with Gasteiger partial charge >= 0.3 is 11.8 Å². The zero-order chi connectivity index (χ0) is 18.3. The molecule has 1 aliphatic rings. The Morgan fingerprint density at radius 3 is 1.92 bits per heavy atom. The fourth-order valence-electron chi connectivity index (χ4n) is 3.23. The van der Waals surface area contributed by atoms with Crippen molar-refractivity contribution in [1.29, 1.82) is 0 Å². The van der Waals surface area contributed by atoms with Crippen LogP contribution in [-0.2, 0) is 14.3 Å². The fraction of sp³-hybridized carbons (Fsp3) is 0.900. The van der Waals surface area contributed by atoms with Gasteiger partial charge in [0, 0.05) is 19.2 Å². The van der Waals surface area contributed by atoms with E-state index in [9.17, 15) is 9.59 Å². The third-order valence-corrected chi connectivity index (χ3v) is 4.70. The molecule has 0 radical (unpaired) electrons. The molecule has 0 heterocycles. The molecule has 1 saturated carbocycles. The maximum atomic E-state index is 12.1. The van der Waals surface area contributed by atoms with E-state index < -0.39 is 11.8 Å². The largest absolute Gasteiger partial charge is 0.379 e. The third-order valence-electron chi connectivity index (χ3n) is 4.70. The van der Waals surface area contributed by atoms with Crippen LogP contribution in [0.5, 0.6) is 0 Å². The third kappa shape index (κ3) is 12.0. The highest BCUT2D eigenvalue weighted by Crippen LogP contribution is 2.16. The van der Waals surface area contributed by atoms with Crippen LogP contribution in [-0.4, -0.2) is 37.1 Å². The van der Waals surface area contributed by atoms with E-state index in [1.165, 1.54) is 44.9 Å². The summed E-state index contributed by atoms with van der Waals surface area (Å²) in [5, 5.41) is 5.63. The Morgan fingerprint density at radius 1 is 0.880 bits per heavy atom. The van der Waals surface area contributed by atoms with Gasteiger partial charge in [-0.05, 0) is 33.1 Å². The van der Waals surface area contributed by atoms with E-state index in [0.29, 0.717) is 13.2 Å². The molecular weight excluding hydrogens is 316 g/mol. The van der Waals surface area contributed by atoms with Gasteiger partial charge in [-0.1, -0.05) is 57.8 Å². The van der Waals surface area contributed by atoms with Crippen molar-refractivity contribution in [3.63, 3.8) is 0 Å². The first kappa shape index (κ1) is 21.9. The lowest BCUT2D eigenvalue weighted by molar-refractivity contribution is -0.139. The molecule has 0 aromatic rings. The molecule has 0 saturated heterocycles. The Kier molecular flexibility index (Phi) is 12.4. The summed E-state index contributed by atoms with van der Waals surface area (Å²) in [4.78, 5) is 24.0. The molecule has 0 bridgehead atoms. The zero-order valence-electron chi connectivity index (χ0n) is 16.3. The van der Waals surface area contributed by atoms with Crippen molar-refractivity contribution in [2.45, 2.75) is 103 Å². The van der Waals surface area contributed by atoms with Crippen molar-refractivity contribution < 1.29 is 14.3 Å². The van der Waals surface area contributed by atoms with Crippen LogP contribution in [0.25, 0.3) is 0 Å². The van der Waals surface area contributed by atoms with Gasteiger partial charge in [0.1, 0.15) is 0 Å². The van der Waals surface area contributed by atoms with Crippen molar-refractivity contribution in [1.82, 2.24) is 10.6 Å². The number of nitrogens with one attached hydrogen (secondary N) is 2. The van der Waals surface area contributed by atoms with Crippen LogP contribution < -0.4 is 10.6 Å². The van der Waals surface area contributed by atoms with Crippen molar-refractivity contribution in [3.05, 3.63) is 0 Å². The molecule has 5 heteroatoms. The summed E-state index contributed by atoms with van der Waals surface area (Å²) in [5.41, 5.74) is 0. The minimum Gasteiger partial charge on any atom is -0.379 e. The first-order valence-electron chi connectivity index (χ1n) is 10.3. The van der Waals surface area contributed by atoms with E-state index in [0.717, 1.165) is 32.1 Å². The van der Waals surface area contributed by atoms with Crippen molar-refractivity contribution >= 4 is 11.8 Å². The molecule has 1 aliphatic carbocycles. The summed E-state index contributed by atoms with van der Waals surface area (Å²) in [6.45, 7) is 5.04. The molecule has 1 fully saturated rings. The smallest absolute Gasteiger partial charge is 0.309 e. The Morgan fingerprint density at radius 2 is 1.40 bits per heavy atom. The minimum absolute atomic E-state index is 0.141. The lowest BCUT2D eigenvalue weighted by Crippen LogP contribution is -2.45. The van der Waals surface area contributed by atoms with Crippen LogP contribution in [0.4, 0.5) is 0 Å². The van der Waals surface area contributed by atoms with Gasteiger partial charge in [-0.25, -0.2) is 0 Å². The molecule has 0 unspecified atom stereocenters. The maximum Gasteiger partial charge on any atom is 0.309 e. The Bertz CT molecular complexity index is 360.